The number of carboxylic acids is 1. The lowest BCUT2D eigenvalue weighted by atomic mass is 10.0. The van der Waals surface area contributed by atoms with E-state index in [0.717, 1.165) is 32.7 Å². The summed E-state index contributed by atoms with van der Waals surface area (Å²) in [4.78, 5) is 27.7. The number of likely N-dealkylation sites (N-methyl/N-ethyl adjacent to an activating group) is 1. The zero-order chi connectivity index (χ0) is 18.6. The highest BCUT2D eigenvalue weighted by Gasteiger charge is 2.25. The molecule has 1 fully saturated rings. The van der Waals surface area contributed by atoms with Crippen LogP contribution in [0, 0.1) is 11.7 Å². The topological polar surface area (TPSA) is 72.9 Å². The maximum Gasteiger partial charge on any atom is 0.326 e. The van der Waals surface area contributed by atoms with Crippen molar-refractivity contribution in [3.05, 3.63) is 29.6 Å². The summed E-state index contributed by atoms with van der Waals surface area (Å²) >= 11 is 0. The van der Waals surface area contributed by atoms with E-state index in [1.165, 1.54) is 6.07 Å². The van der Waals surface area contributed by atoms with Crippen LogP contribution in [0.2, 0.25) is 0 Å². The minimum absolute atomic E-state index is 0.125. The van der Waals surface area contributed by atoms with Gasteiger partial charge in [-0.05, 0) is 30.7 Å². The average molecular weight is 351 g/mol. The van der Waals surface area contributed by atoms with E-state index >= 15 is 0 Å². The summed E-state index contributed by atoms with van der Waals surface area (Å²) in [5, 5.41) is 11.6. The van der Waals surface area contributed by atoms with Gasteiger partial charge in [0.1, 0.15) is 11.9 Å². The molecule has 0 saturated carbocycles. The predicted octanol–water partition coefficient (Wildman–Crippen LogP) is 1.81. The molecule has 0 aromatic heterocycles. The Bertz CT molecular complexity index is 628. The molecule has 0 aliphatic carbocycles. The molecule has 1 aliphatic heterocycles. The minimum Gasteiger partial charge on any atom is -0.480 e. The van der Waals surface area contributed by atoms with Crippen LogP contribution in [0.1, 0.15) is 31.1 Å². The Morgan fingerprint density at radius 1 is 1.24 bits per heavy atom. The van der Waals surface area contributed by atoms with Crippen molar-refractivity contribution in [2.75, 3.05) is 37.6 Å². The van der Waals surface area contributed by atoms with E-state index in [1.54, 1.807) is 26.0 Å². The van der Waals surface area contributed by atoms with Crippen LogP contribution in [-0.2, 0) is 4.79 Å². The Hall–Kier alpha value is -2.15. The molecule has 2 rings (SSSR count). The molecular formula is C18H26FN3O3. The Kier molecular flexibility index (Phi) is 6.36. The highest BCUT2D eigenvalue weighted by molar-refractivity contribution is 5.97. The van der Waals surface area contributed by atoms with Crippen molar-refractivity contribution in [1.29, 1.82) is 0 Å². The summed E-state index contributed by atoms with van der Waals surface area (Å²) in [6.45, 7) is 9.74. The number of nitrogens with one attached hydrogen (secondary N) is 1. The van der Waals surface area contributed by atoms with Crippen molar-refractivity contribution in [3.63, 3.8) is 0 Å². The standard InChI is InChI=1S/C18H26FN3O3/c1-4-21-7-9-22(10-8-21)15-6-5-13(11-14(15)19)17(23)20-16(12(2)3)18(24)25/h5-6,11-12,16H,4,7-10H2,1-3H3,(H,20,23)(H,24,25)/t16-/m1/s1. The number of benzene rings is 1. The third-order valence-corrected chi connectivity index (χ3v) is 4.59. The summed E-state index contributed by atoms with van der Waals surface area (Å²) in [6, 6.07) is 3.31. The monoisotopic (exact) mass is 351 g/mol. The summed E-state index contributed by atoms with van der Waals surface area (Å²) < 4.78 is 14.5. The van der Waals surface area contributed by atoms with Crippen LogP contribution in [-0.4, -0.2) is 60.6 Å². The number of halogens is 1. The largest absolute Gasteiger partial charge is 0.480 e. The fourth-order valence-corrected chi connectivity index (χ4v) is 2.95. The highest BCUT2D eigenvalue weighted by atomic mass is 19.1. The fraction of sp³-hybridized carbons (Fsp3) is 0.556. The van der Waals surface area contributed by atoms with E-state index in [9.17, 15) is 14.0 Å². The number of carbonyl (C=O) groups excluding carboxylic acids is 1. The molecule has 0 bridgehead atoms. The molecule has 1 aromatic carbocycles. The molecule has 1 amide bonds. The Labute approximate surface area is 147 Å². The first kappa shape index (κ1) is 19.2. The zero-order valence-electron chi connectivity index (χ0n) is 15.0. The van der Waals surface area contributed by atoms with E-state index in [2.05, 4.69) is 17.1 Å². The van der Waals surface area contributed by atoms with Crippen LogP contribution in [0.4, 0.5) is 10.1 Å². The second kappa shape index (κ2) is 8.29. The number of nitrogens with zero attached hydrogens (tertiary/aromatic N) is 2. The number of rotatable bonds is 6. The Balaban J connectivity index is 2.08. The molecule has 1 aromatic rings. The number of hydrogen-bond acceptors (Lipinski definition) is 4. The number of carbonyl (C=O) groups is 2. The normalized spacial score (nSPS) is 16.8. The van der Waals surface area contributed by atoms with Gasteiger partial charge in [0, 0.05) is 31.7 Å². The molecule has 2 N–H and O–H groups in total. The molecule has 1 saturated heterocycles. The molecule has 0 spiro atoms. The molecular weight excluding hydrogens is 325 g/mol. The minimum atomic E-state index is -1.10. The van der Waals surface area contributed by atoms with Gasteiger partial charge in [-0.25, -0.2) is 9.18 Å². The Morgan fingerprint density at radius 3 is 2.36 bits per heavy atom. The second-order valence-electron chi connectivity index (χ2n) is 6.62. The van der Waals surface area contributed by atoms with Gasteiger partial charge in [0.15, 0.2) is 0 Å². The molecule has 6 nitrogen and oxygen atoms in total. The number of amides is 1. The summed E-state index contributed by atoms with van der Waals surface area (Å²) in [5.74, 6) is -2.41. The van der Waals surface area contributed by atoms with Crippen LogP contribution in [0.5, 0.6) is 0 Å². The fourth-order valence-electron chi connectivity index (χ4n) is 2.95. The predicted molar refractivity (Wildman–Crippen MR) is 94.5 cm³/mol. The smallest absolute Gasteiger partial charge is 0.326 e. The van der Waals surface area contributed by atoms with Crippen molar-refractivity contribution in [1.82, 2.24) is 10.2 Å². The first-order chi connectivity index (χ1) is 11.8. The van der Waals surface area contributed by atoms with E-state index in [-0.39, 0.29) is 11.5 Å². The van der Waals surface area contributed by atoms with Gasteiger partial charge in [0.05, 0.1) is 5.69 Å². The van der Waals surface area contributed by atoms with Gasteiger partial charge >= 0.3 is 5.97 Å². The first-order valence-corrected chi connectivity index (χ1v) is 8.64. The number of hydrogen-bond donors (Lipinski definition) is 2. The van der Waals surface area contributed by atoms with Crippen LogP contribution >= 0.6 is 0 Å². The van der Waals surface area contributed by atoms with Crippen LogP contribution < -0.4 is 10.2 Å². The van der Waals surface area contributed by atoms with E-state index in [4.69, 9.17) is 5.11 Å². The van der Waals surface area contributed by atoms with Crippen molar-refractivity contribution in [2.24, 2.45) is 5.92 Å². The maximum atomic E-state index is 14.5. The lowest BCUT2D eigenvalue weighted by Gasteiger charge is -2.35. The zero-order valence-corrected chi connectivity index (χ0v) is 15.0. The molecule has 7 heteroatoms. The van der Waals surface area contributed by atoms with Crippen LogP contribution in [0.3, 0.4) is 0 Å². The molecule has 1 heterocycles. The molecule has 138 valence electrons. The molecule has 0 radical (unpaired) electrons. The third kappa shape index (κ3) is 4.69. The summed E-state index contributed by atoms with van der Waals surface area (Å²) in [5.41, 5.74) is 0.603. The van der Waals surface area contributed by atoms with E-state index < -0.39 is 23.7 Å². The lowest BCUT2D eigenvalue weighted by Crippen LogP contribution is -2.46. The van der Waals surface area contributed by atoms with Gasteiger partial charge in [-0.2, -0.15) is 0 Å². The van der Waals surface area contributed by atoms with Crippen molar-refractivity contribution in [3.8, 4) is 0 Å². The quantitative estimate of drug-likeness (QED) is 0.818. The second-order valence-corrected chi connectivity index (χ2v) is 6.62. The number of aliphatic carboxylic acids is 1. The molecule has 1 aliphatic rings. The maximum absolute atomic E-state index is 14.5. The van der Waals surface area contributed by atoms with E-state index in [1.807, 2.05) is 4.90 Å². The highest BCUT2D eigenvalue weighted by Crippen LogP contribution is 2.22. The van der Waals surface area contributed by atoms with Gasteiger partial charge in [-0.1, -0.05) is 20.8 Å². The summed E-state index contributed by atoms with van der Waals surface area (Å²) in [7, 11) is 0. The molecule has 25 heavy (non-hydrogen) atoms. The van der Waals surface area contributed by atoms with Crippen molar-refractivity contribution in [2.45, 2.75) is 26.8 Å². The number of piperazine rings is 1. The SMILES string of the molecule is CCN1CCN(c2ccc(C(=O)N[C@@H](C(=O)O)C(C)C)cc2F)CC1. The van der Waals surface area contributed by atoms with E-state index in [0.29, 0.717) is 5.69 Å². The van der Waals surface area contributed by atoms with Crippen LogP contribution in [0.25, 0.3) is 0 Å². The third-order valence-electron chi connectivity index (χ3n) is 4.59. The number of carboxylic acid groups (broad SMARTS) is 1. The average Bonchev–Trinajstić information content (AvgIpc) is 2.59. The van der Waals surface area contributed by atoms with Gasteiger partial charge < -0.3 is 20.2 Å². The van der Waals surface area contributed by atoms with Gasteiger partial charge in [0.2, 0.25) is 0 Å². The number of anilines is 1. The van der Waals surface area contributed by atoms with Gasteiger partial charge in [0.25, 0.3) is 5.91 Å². The molecule has 0 unspecified atom stereocenters. The summed E-state index contributed by atoms with van der Waals surface area (Å²) in [6.07, 6.45) is 0. The van der Waals surface area contributed by atoms with Gasteiger partial charge in [-0.3, -0.25) is 4.79 Å². The van der Waals surface area contributed by atoms with Crippen molar-refractivity contribution < 1.29 is 19.1 Å². The van der Waals surface area contributed by atoms with Crippen molar-refractivity contribution >= 4 is 17.6 Å². The first-order valence-electron chi connectivity index (χ1n) is 8.64. The van der Waals surface area contributed by atoms with Gasteiger partial charge in [-0.15, -0.1) is 0 Å². The molecule has 1 atom stereocenters. The Morgan fingerprint density at radius 2 is 1.88 bits per heavy atom. The van der Waals surface area contributed by atoms with Crippen LogP contribution in [0.15, 0.2) is 18.2 Å². The lowest BCUT2D eigenvalue weighted by molar-refractivity contribution is -0.140.